The lowest BCUT2D eigenvalue weighted by molar-refractivity contribution is -0.124. The van der Waals surface area contributed by atoms with Crippen LogP contribution in [0.1, 0.15) is 15.4 Å². The molecule has 0 fully saturated rings. The number of hydrogen-bond acceptors (Lipinski definition) is 6. The Hall–Kier alpha value is -3.59. The number of nitrogens with one attached hydrogen (secondary N) is 2. The van der Waals surface area contributed by atoms with E-state index in [4.69, 9.17) is 9.15 Å². The average molecular weight is 427 g/mol. The van der Waals surface area contributed by atoms with Crippen molar-refractivity contribution in [2.24, 2.45) is 0 Å². The Labute approximate surface area is 177 Å². The van der Waals surface area contributed by atoms with E-state index in [0.29, 0.717) is 22.1 Å². The fourth-order valence-corrected chi connectivity index (χ4v) is 3.32. The van der Waals surface area contributed by atoms with E-state index in [2.05, 4.69) is 10.6 Å². The number of rotatable bonds is 9. The number of ether oxygens (including phenoxy) is 1. The van der Waals surface area contributed by atoms with Crippen molar-refractivity contribution in [2.75, 3.05) is 25.5 Å². The van der Waals surface area contributed by atoms with Crippen LogP contribution >= 0.6 is 11.3 Å². The van der Waals surface area contributed by atoms with Crippen LogP contribution in [0.15, 0.2) is 64.6 Å². The minimum absolute atomic E-state index is 0.148. The fourth-order valence-electron chi connectivity index (χ4n) is 2.63. The number of hydrogen-bond donors (Lipinski definition) is 2. The van der Waals surface area contributed by atoms with Crippen LogP contribution in [0.5, 0.6) is 5.75 Å². The first kappa shape index (κ1) is 21.1. The molecule has 9 heteroatoms. The topological polar surface area (TPSA) is 101 Å². The van der Waals surface area contributed by atoms with Crippen molar-refractivity contribution in [1.82, 2.24) is 10.2 Å². The molecule has 0 atom stereocenters. The molecule has 0 spiro atoms. The van der Waals surface area contributed by atoms with Gasteiger partial charge in [0.2, 0.25) is 11.8 Å². The third kappa shape index (κ3) is 5.95. The van der Waals surface area contributed by atoms with Crippen LogP contribution in [0.3, 0.4) is 0 Å². The molecule has 2 heterocycles. The quantitative estimate of drug-likeness (QED) is 0.547. The van der Waals surface area contributed by atoms with Gasteiger partial charge in [-0.05, 0) is 47.8 Å². The van der Waals surface area contributed by atoms with Crippen molar-refractivity contribution in [1.29, 1.82) is 0 Å². The molecular weight excluding hydrogens is 406 g/mol. The van der Waals surface area contributed by atoms with Crippen LogP contribution in [-0.2, 0) is 16.1 Å². The Kier molecular flexibility index (Phi) is 7.23. The van der Waals surface area contributed by atoms with E-state index in [1.807, 2.05) is 0 Å². The van der Waals surface area contributed by atoms with Gasteiger partial charge in [-0.25, -0.2) is 0 Å². The number of carbonyl (C=O) groups excluding carboxylic acids is 3. The Morgan fingerprint density at radius 1 is 1.07 bits per heavy atom. The van der Waals surface area contributed by atoms with Gasteiger partial charge in [-0.3, -0.25) is 14.4 Å². The van der Waals surface area contributed by atoms with Gasteiger partial charge in [0.25, 0.3) is 5.91 Å². The SMILES string of the molecule is COc1ccc(NC(=O)CNC(=O)CN(Cc2ccco2)C(=O)c2cccs2)cc1. The van der Waals surface area contributed by atoms with Crippen molar-refractivity contribution >= 4 is 34.7 Å². The third-order valence-electron chi connectivity index (χ3n) is 4.10. The maximum atomic E-state index is 12.7. The van der Waals surface area contributed by atoms with Gasteiger partial charge >= 0.3 is 0 Å². The monoisotopic (exact) mass is 427 g/mol. The smallest absolute Gasteiger partial charge is 0.264 e. The molecule has 30 heavy (non-hydrogen) atoms. The highest BCUT2D eigenvalue weighted by Crippen LogP contribution is 2.16. The number of benzene rings is 1. The molecular formula is C21H21N3O5S. The maximum Gasteiger partial charge on any atom is 0.264 e. The summed E-state index contributed by atoms with van der Waals surface area (Å²) < 4.78 is 10.4. The first-order valence-electron chi connectivity index (χ1n) is 9.11. The highest BCUT2D eigenvalue weighted by atomic mass is 32.1. The first-order valence-corrected chi connectivity index (χ1v) is 9.99. The van der Waals surface area contributed by atoms with E-state index in [1.165, 1.54) is 22.5 Å². The van der Waals surface area contributed by atoms with Crippen LogP contribution in [0.25, 0.3) is 0 Å². The molecule has 0 saturated heterocycles. The van der Waals surface area contributed by atoms with Gasteiger partial charge in [0, 0.05) is 5.69 Å². The van der Waals surface area contributed by atoms with Crippen molar-refractivity contribution < 1.29 is 23.5 Å². The van der Waals surface area contributed by atoms with Gasteiger partial charge < -0.3 is 24.7 Å². The van der Waals surface area contributed by atoms with Gasteiger partial charge in [-0.1, -0.05) is 6.07 Å². The summed E-state index contributed by atoms with van der Waals surface area (Å²) >= 11 is 1.29. The number of methoxy groups -OCH3 is 1. The number of furan rings is 1. The number of nitrogens with zero attached hydrogens (tertiary/aromatic N) is 1. The van der Waals surface area contributed by atoms with Crippen LogP contribution in [-0.4, -0.2) is 42.8 Å². The normalized spacial score (nSPS) is 10.3. The molecule has 0 aliphatic carbocycles. The molecule has 0 aliphatic rings. The number of amides is 3. The number of thiophene rings is 1. The summed E-state index contributed by atoms with van der Waals surface area (Å²) in [6.45, 7) is -0.269. The summed E-state index contributed by atoms with van der Waals surface area (Å²) in [6, 6.07) is 13.7. The van der Waals surface area contributed by atoms with Crippen LogP contribution in [0.4, 0.5) is 5.69 Å². The van der Waals surface area contributed by atoms with Crippen molar-refractivity contribution in [2.45, 2.75) is 6.54 Å². The number of anilines is 1. The van der Waals surface area contributed by atoms with Gasteiger partial charge in [0.1, 0.15) is 18.1 Å². The minimum Gasteiger partial charge on any atom is -0.497 e. The second kappa shape index (κ2) is 10.3. The molecule has 8 nitrogen and oxygen atoms in total. The molecule has 2 aromatic heterocycles. The van der Waals surface area contributed by atoms with Crippen molar-refractivity contribution in [3.63, 3.8) is 0 Å². The molecule has 3 rings (SSSR count). The Bertz CT molecular complexity index is 969. The van der Waals surface area contributed by atoms with Gasteiger partial charge in [0.05, 0.1) is 31.3 Å². The zero-order chi connectivity index (χ0) is 21.3. The second-order valence-corrected chi connectivity index (χ2v) is 7.22. The van der Waals surface area contributed by atoms with E-state index in [1.54, 1.807) is 61.0 Å². The molecule has 0 bridgehead atoms. The predicted molar refractivity (Wildman–Crippen MR) is 112 cm³/mol. The third-order valence-corrected chi connectivity index (χ3v) is 4.96. The molecule has 0 aliphatic heterocycles. The van der Waals surface area contributed by atoms with Gasteiger partial charge in [-0.2, -0.15) is 0 Å². The Balaban J connectivity index is 1.54. The summed E-state index contributed by atoms with van der Waals surface area (Å²) in [6.07, 6.45) is 1.51. The van der Waals surface area contributed by atoms with E-state index in [9.17, 15) is 14.4 Å². The maximum absolute atomic E-state index is 12.7. The molecule has 0 unspecified atom stereocenters. The molecule has 2 N–H and O–H groups in total. The van der Waals surface area contributed by atoms with Crippen LogP contribution < -0.4 is 15.4 Å². The van der Waals surface area contributed by atoms with Crippen LogP contribution in [0.2, 0.25) is 0 Å². The lowest BCUT2D eigenvalue weighted by atomic mass is 10.3. The number of carbonyl (C=O) groups is 3. The Morgan fingerprint density at radius 3 is 2.50 bits per heavy atom. The molecule has 1 aromatic carbocycles. The summed E-state index contributed by atoms with van der Waals surface area (Å²) in [5.74, 6) is 0.129. The molecule has 3 amide bonds. The largest absolute Gasteiger partial charge is 0.497 e. The summed E-state index contributed by atoms with van der Waals surface area (Å²) in [7, 11) is 1.56. The second-order valence-electron chi connectivity index (χ2n) is 6.27. The summed E-state index contributed by atoms with van der Waals surface area (Å²) in [5, 5.41) is 7.01. The van der Waals surface area contributed by atoms with E-state index in [0.717, 1.165) is 0 Å². The Morgan fingerprint density at radius 2 is 1.87 bits per heavy atom. The molecule has 0 saturated carbocycles. The van der Waals surface area contributed by atoms with Crippen molar-refractivity contribution in [3.05, 3.63) is 70.8 Å². The predicted octanol–water partition coefficient (Wildman–Crippen LogP) is 2.75. The summed E-state index contributed by atoms with van der Waals surface area (Å²) in [5.41, 5.74) is 0.586. The van der Waals surface area contributed by atoms with Crippen LogP contribution in [0, 0.1) is 0 Å². The lowest BCUT2D eigenvalue weighted by Crippen LogP contribution is -2.42. The molecule has 3 aromatic rings. The molecule has 156 valence electrons. The zero-order valence-corrected chi connectivity index (χ0v) is 17.1. The van der Waals surface area contributed by atoms with Crippen molar-refractivity contribution in [3.8, 4) is 5.75 Å². The molecule has 0 radical (unpaired) electrons. The zero-order valence-electron chi connectivity index (χ0n) is 16.3. The van der Waals surface area contributed by atoms with Gasteiger partial charge in [0.15, 0.2) is 0 Å². The van der Waals surface area contributed by atoms with E-state index in [-0.39, 0.29) is 31.4 Å². The standard InChI is InChI=1S/C21H21N3O5S/c1-28-16-8-6-15(7-9-16)23-19(25)12-22-20(26)14-24(13-17-4-2-10-29-17)21(27)18-5-3-11-30-18/h2-11H,12-14H2,1H3,(H,22,26)(H,23,25). The first-order chi connectivity index (χ1) is 14.5. The highest BCUT2D eigenvalue weighted by molar-refractivity contribution is 7.12. The minimum atomic E-state index is -0.448. The lowest BCUT2D eigenvalue weighted by Gasteiger charge is -2.20. The van der Waals surface area contributed by atoms with E-state index >= 15 is 0 Å². The highest BCUT2D eigenvalue weighted by Gasteiger charge is 2.21. The van der Waals surface area contributed by atoms with E-state index < -0.39 is 5.91 Å². The summed E-state index contributed by atoms with van der Waals surface area (Å²) in [4.78, 5) is 39.1. The fraction of sp³-hybridized carbons (Fsp3) is 0.190. The average Bonchev–Trinajstić information content (AvgIpc) is 3.46. The van der Waals surface area contributed by atoms with Gasteiger partial charge in [-0.15, -0.1) is 11.3 Å².